The molecule has 0 aliphatic carbocycles. The van der Waals surface area contributed by atoms with E-state index in [9.17, 15) is 4.39 Å². The van der Waals surface area contributed by atoms with Crippen molar-refractivity contribution in [2.75, 3.05) is 6.61 Å². The fourth-order valence-corrected chi connectivity index (χ4v) is 2.59. The summed E-state index contributed by atoms with van der Waals surface area (Å²) >= 11 is 3.62. The van der Waals surface area contributed by atoms with Crippen LogP contribution in [0.1, 0.15) is 29.7 Å². The number of hydrogen-bond donors (Lipinski definition) is 0. The molecule has 1 nitrogen and oxygen atoms in total. The topological polar surface area (TPSA) is 9.23 Å². The van der Waals surface area contributed by atoms with Gasteiger partial charge in [0.05, 0.1) is 6.10 Å². The standard InChI is InChI=1S/C12H14BrFO/c13-12(8-11-2-1-7-15-11)9-3-5-10(14)6-4-9/h3-6,11-12H,1-2,7-8H2. The molecule has 3 heteroatoms. The van der Waals surface area contributed by atoms with E-state index in [4.69, 9.17) is 4.74 Å². The Kier molecular flexibility index (Phi) is 3.76. The minimum absolute atomic E-state index is 0.185. The van der Waals surface area contributed by atoms with Gasteiger partial charge in [-0.3, -0.25) is 0 Å². The van der Waals surface area contributed by atoms with Gasteiger partial charge in [0.15, 0.2) is 0 Å². The van der Waals surface area contributed by atoms with E-state index in [0.717, 1.165) is 31.4 Å². The molecular formula is C12H14BrFO. The maximum atomic E-state index is 12.7. The number of rotatable bonds is 3. The van der Waals surface area contributed by atoms with Crippen LogP contribution >= 0.6 is 15.9 Å². The van der Waals surface area contributed by atoms with Gasteiger partial charge in [-0.05, 0) is 37.0 Å². The minimum atomic E-state index is -0.185. The van der Waals surface area contributed by atoms with Crippen LogP contribution in [-0.4, -0.2) is 12.7 Å². The monoisotopic (exact) mass is 272 g/mol. The summed E-state index contributed by atoms with van der Waals surface area (Å²) in [6.45, 7) is 0.883. The minimum Gasteiger partial charge on any atom is -0.378 e. The van der Waals surface area contributed by atoms with Crippen LogP contribution in [0.15, 0.2) is 24.3 Å². The van der Waals surface area contributed by atoms with Gasteiger partial charge in [-0.1, -0.05) is 28.1 Å². The summed E-state index contributed by atoms with van der Waals surface area (Å²) in [5, 5.41) is 0. The molecule has 2 unspecified atom stereocenters. The Hall–Kier alpha value is -0.410. The first-order valence-corrected chi connectivity index (χ1v) is 6.18. The summed E-state index contributed by atoms with van der Waals surface area (Å²) in [6, 6.07) is 6.64. The van der Waals surface area contributed by atoms with Crippen molar-refractivity contribution in [1.29, 1.82) is 0 Å². The van der Waals surface area contributed by atoms with E-state index in [1.165, 1.54) is 12.1 Å². The second-order valence-corrected chi connectivity index (χ2v) is 5.00. The van der Waals surface area contributed by atoms with Gasteiger partial charge in [-0.15, -0.1) is 0 Å². The van der Waals surface area contributed by atoms with Crippen LogP contribution in [0.2, 0.25) is 0 Å². The molecule has 0 amide bonds. The largest absolute Gasteiger partial charge is 0.378 e. The fourth-order valence-electron chi connectivity index (χ4n) is 1.87. The van der Waals surface area contributed by atoms with E-state index in [2.05, 4.69) is 15.9 Å². The lowest BCUT2D eigenvalue weighted by molar-refractivity contribution is 0.104. The van der Waals surface area contributed by atoms with E-state index in [1.807, 2.05) is 12.1 Å². The number of benzene rings is 1. The first-order chi connectivity index (χ1) is 7.25. The Bertz CT molecular complexity index is 306. The predicted molar refractivity (Wildman–Crippen MR) is 61.7 cm³/mol. The maximum Gasteiger partial charge on any atom is 0.123 e. The SMILES string of the molecule is Fc1ccc(C(Br)CC2CCCO2)cc1. The number of hydrogen-bond acceptors (Lipinski definition) is 1. The van der Waals surface area contributed by atoms with Gasteiger partial charge in [-0.25, -0.2) is 4.39 Å². The molecule has 0 radical (unpaired) electrons. The number of ether oxygens (including phenoxy) is 1. The summed E-state index contributed by atoms with van der Waals surface area (Å²) in [5.74, 6) is -0.185. The molecular weight excluding hydrogens is 259 g/mol. The van der Waals surface area contributed by atoms with Crippen LogP contribution in [0.5, 0.6) is 0 Å². The third kappa shape index (κ3) is 3.02. The van der Waals surface area contributed by atoms with Crippen molar-refractivity contribution in [2.45, 2.75) is 30.2 Å². The number of halogens is 2. The molecule has 0 spiro atoms. The van der Waals surface area contributed by atoms with Crippen LogP contribution in [0.3, 0.4) is 0 Å². The highest BCUT2D eigenvalue weighted by Gasteiger charge is 2.20. The Morgan fingerprint density at radius 2 is 2.13 bits per heavy atom. The van der Waals surface area contributed by atoms with Crippen molar-refractivity contribution in [3.63, 3.8) is 0 Å². The summed E-state index contributed by atoms with van der Waals surface area (Å²) in [5.41, 5.74) is 1.12. The van der Waals surface area contributed by atoms with Crippen molar-refractivity contribution in [3.05, 3.63) is 35.6 Å². The highest BCUT2D eigenvalue weighted by molar-refractivity contribution is 9.09. The Morgan fingerprint density at radius 1 is 1.40 bits per heavy atom. The molecule has 1 aromatic carbocycles. The zero-order chi connectivity index (χ0) is 10.7. The van der Waals surface area contributed by atoms with Crippen LogP contribution < -0.4 is 0 Å². The molecule has 1 aliphatic heterocycles. The molecule has 1 aliphatic rings. The molecule has 2 atom stereocenters. The fraction of sp³-hybridized carbons (Fsp3) is 0.500. The average Bonchev–Trinajstić information content (AvgIpc) is 2.71. The molecule has 1 heterocycles. The third-order valence-corrected chi connectivity index (χ3v) is 3.63. The maximum absolute atomic E-state index is 12.7. The zero-order valence-corrected chi connectivity index (χ0v) is 10.0. The molecule has 15 heavy (non-hydrogen) atoms. The molecule has 1 aromatic rings. The highest BCUT2D eigenvalue weighted by Crippen LogP contribution is 2.31. The highest BCUT2D eigenvalue weighted by atomic mass is 79.9. The normalized spacial score (nSPS) is 22.9. The summed E-state index contributed by atoms with van der Waals surface area (Å²) in [4.78, 5) is 0.265. The van der Waals surface area contributed by atoms with Crippen LogP contribution in [-0.2, 0) is 4.74 Å². The quantitative estimate of drug-likeness (QED) is 0.760. The van der Waals surface area contributed by atoms with Crippen molar-refractivity contribution >= 4 is 15.9 Å². The van der Waals surface area contributed by atoms with Gasteiger partial charge in [-0.2, -0.15) is 0 Å². The summed E-state index contributed by atoms with van der Waals surface area (Å²) in [7, 11) is 0. The lowest BCUT2D eigenvalue weighted by atomic mass is 10.1. The van der Waals surface area contributed by atoms with Crippen molar-refractivity contribution < 1.29 is 9.13 Å². The van der Waals surface area contributed by atoms with Gasteiger partial charge < -0.3 is 4.74 Å². The molecule has 2 rings (SSSR count). The predicted octanol–water partition coefficient (Wildman–Crippen LogP) is 3.83. The van der Waals surface area contributed by atoms with Gasteiger partial charge in [0.25, 0.3) is 0 Å². The van der Waals surface area contributed by atoms with Crippen LogP contribution in [0, 0.1) is 5.82 Å². The van der Waals surface area contributed by atoms with E-state index >= 15 is 0 Å². The first-order valence-electron chi connectivity index (χ1n) is 5.27. The Labute approximate surface area is 97.8 Å². The molecule has 0 saturated carbocycles. The van der Waals surface area contributed by atoms with Gasteiger partial charge in [0.1, 0.15) is 5.82 Å². The van der Waals surface area contributed by atoms with E-state index < -0.39 is 0 Å². The molecule has 82 valence electrons. The molecule has 0 bridgehead atoms. The van der Waals surface area contributed by atoms with E-state index in [0.29, 0.717) is 6.10 Å². The lowest BCUT2D eigenvalue weighted by Gasteiger charge is -2.14. The van der Waals surface area contributed by atoms with Crippen molar-refractivity contribution in [2.24, 2.45) is 0 Å². The van der Waals surface area contributed by atoms with E-state index in [1.54, 1.807) is 0 Å². The Balaban J connectivity index is 1.94. The molecule has 1 fully saturated rings. The molecule has 0 N–H and O–H groups in total. The number of alkyl halides is 1. The first kappa shape index (κ1) is 11.1. The van der Waals surface area contributed by atoms with Crippen LogP contribution in [0.4, 0.5) is 4.39 Å². The Morgan fingerprint density at radius 3 is 2.73 bits per heavy atom. The smallest absolute Gasteiger partial charge is 0.123 e. The van der Waals surface area contributed by atoms with Gasteiger partial charge in [0.2, 0.25) is 0 Å². The summed E-state index contributed by atoms with van der Waals surface area (Å²) < 4.78 is 18.3. The van der Waals surface area contributed by atoms with Gasteiger partial charge in [0, 0.05) is 11.4 Å². The van der Waals surface area contributed by atoms with Crippen molar-refractivity contribution in [1.82, 2.24) is 0 Å². The lowest BCUT2D eigenvalue weighted by Crippen LogP contribution is -2.07. The molecule has 0 aromatic heterocycles. The van der Waals surface area contributed by atoms with E-state index in [-0.39, 0.29) is 10.6 Å². The second-order valence-electron chi connectivity index (χ2n) is 3.89. The molecule has 1 saturated heterocycles. The summed E-state index contributed by atoms with van der Waals surface area (Å²) in [6.07, 6.45) is 3.63. The van der Waals surface area contributed by atoms with Gasteiger partial charge >= 0.3 is 0 Å². The van der Waals surface area contributed by atoms with Crippen LogP contribution in [0.25, 0.3) is 0 Å². The average molecular weight is 273 g/mol. The zero-order valence-electron chi connectivity index (χ0n) is 8.46. The third-order valence-electron chi connectivity index (χ3n) is 2.73. The van der Waals surface area contributed by atoms with Crippen molar-refractivity contribution in [3.8, 4) is 0 Å². The second kappa shape index (κ2) is 5.08.